The van der Waals surface area contributed by atoms with E-state index < -0.39 is 9.84 Å². The van der Waals surface area contributed by atoms with Crippen molar-refractivity contribution in [2.24, 2.45) is 0 Å². The van der Waals surface area contributed by atoms with Crippen LogP contribution in [0.25, 0.3) is 0 Å². The van der Waals surface area contributed by atoms with Crippen LogP contribution in [0.1, 0.15) is 24.1 Å². The molecule has 1 aliphatic rings. The molecular formula is C21H19BrCl2N2O2S2. The Balaban J connectivity index is 1.41. The van der Waals surface area contributed by atoms with E-state index >= 15 is 0 Å². The smallest absolute Gasteiger partial charge is 0.185 e. The first-order chi connectivity index (χ1) is 14.3. The SMILES string of the molecule is O=S(=O)(c1cccc(Br)c1)C1CCN(c2nc(Cc3ccc(Cl)cc3Cl)cs2)CC1. The molecule has 0 N–H and O–H groups in total. The summed E-state index contributed by atoms with van der Waals surface area (Å²) < 4.78 is 26.7. The first-order valence-electron chi connectivity index (χ1n) is 9.45. The Labute approximate surface area is 198 Å². The van der Waals surface area contributed by atoms with E-state index in [1.54, 1.807) is 35.6 Å². The average Bonchev–Trinajstić information content (AvgIpc) is 3.19. The van der Waals surface area contributed by atoms with Crippen molar-refractivity contribution < 1.29 is 8.42 Å². The molecule has 0 spiro atoms. The lowest BCUT2D eigenvalue weighted by atomic mass is 10.1. The number of halogens is 3. The van der Waals surface area contributed by atoms with Crippen LogP contribution >= 0.6 is 50.5 Å². The van der Waals surface area contributed by atoms with E-state index in [0.29, 0.717) is 47.3 Å². The van der Waals surface area contributed by atoms with Crippen molar-refractivity contribution in [3.63, 3.8) is 0 Å². The molecular weight excluding hydrogens is 527 g/mol. The van der Waals surface area contributed by atoms with Gasteiger partial charge in [-0.15, -0.1) is 11.3 Å². The summed E-state index contributed by atoms with van der Waals surface area (Å²) in [5.74, 6) is 0. The number of nitrogens with zero attached hydrogens (tertiary/aromatic N) is 2. The minimum atomic E-state index is -3.33. The summed E-state index contributed by atoms with van der Waals surface area (Å²) in [4.78, 5) is 7.30. The van der Waals surface area contributed by atoms with Crippen molar-refractivity contribution in [1.82, 2.24) is 4.98 Å². The highest BCUT2D eigenvalue weighted by Gasteiger charge is 2.32. The van der Waals surface area contributed by atoms with Crippen LogP contribution in [0.4, 0.5) is 5.13 Å². The van der Waals surface area contributed by atoms with Gasteiger partial charge in [0.2, 0.25) is 0 Å². The van der Waals surface area contributed by atoms with Crippen LogP contribution in [0.3, 0.4) is 0 Å². The second-order valence-corrected chi connectivity index (χ2v) is 12.0. The van der Waals surface area contributed by atoms with Crippen LogP contribution < -0.4 is 4.90 Å². The van der Waals surface area contributed by atoms with Crippen LogP contribution in [-0.2, 0) is 16.3 Å². The van der Waals surface area contributed by atoms with E-state index in [1.807, 2.05) is 23.6 Å². The average molecular weight is 546 g/mol. The molecule has 0 aliphatic carbocycles. The van der Waals surface area contributed by atoms with Gasteiger partial charge < -0.3 is 4.90 Å². The third kappa shape index (κ3) is 4.86. The summed E-state index contributed by atoms with van der Waals surface area (Å²) in [5.41, 5.74) is 1.93. The molecule has 0 saturated carbocycles. The normalized spacial score (nSPS) is 15.5. The molecule has 30 heavy (non-hydrogen) atoms. The molecule has 0 unspecified atom stereocenters. The summed E-state index contributed by atoms with van der Waals surface area (Å²) in [6, 6.07) is 12.4. The van der Waals surface area contributed by atoms with Gasteiger partial charge in [0.05, 0.1) is 15.8 Å². The molecule has 0 bridgehead atoms. The Bertz CT molecular complexity index is 1160. The van der Waals surface area contributed by atoms with Gasteiger partial charge in [-0.05, 0) is 48.7 Å². The van der Waals surface area contributed by atoms with Crippen molar-refractivity contribution in [2.45, 2.75) is 29.4 Å². The molecule has 158 valence electrons. The number of anilines is 1. The number of aromatic nitrogens is 1. The van der Waals surface area contributed by atoms with Gasteiger partial charge in [-0.3, -0.25) is 0 Å². The third-order valence-electron chi connectivity index (χ3n) is 5.20. The monoisotopic (exact) mass is 544 g/mol. The van der Waals surface area contributed by atoms with E-state index in [2.05, 4.69) is 20.8 Å². The van der Waals surface area contributed by atoms with E-state index in [1.165, 1.54) is 0 Å². The van der Waals surface area contributed by atoms with Gasteiger partial charge in [0.25, 0.3) is 0 Å². The van der Waals surface area contributed by atoms with Crippen molar-refractivity contribution in [1.29, 1.82) is 0 Å². The van der Waals surface area contributed by atoms with E-state index in [0.717, 1.165) is 20.9 Å². The molecule has 1 saturated heterocycles. The zero-order valence-corrected chi connectivity index (χ0v) is 20.6. The zero-order chi connectivity index (χ0) is 21.3. The molecule has 0 radical (unpaired) electrons. The summed E-state index contributed by atoms with van der Waals surface area (Å²) in [5, 5.41) is 3.84. The Kier molecular flexibility index (Phi) is 6.75. The molecule has 1 aromatic heterocycles. The number of hydrogen-bond donors (Lipinski definition) is 0. The number of hydrogen-bond acceptors (Lipinski definition) is 5. The molecule has 0 amide bonds. The van der Waals surface area contributed by atoms with Crippen molar-refractivity contribution in [3.8, 4) is 0 Å². The zero-order valence-electron chi connectivity index (χ0n) is 15.9. The van der Waals surface area contributed by atoms with Crippen LogP contribution in [0, 0.1) is 0 Å². The highest BCUT2D eigenvalue weighted by atomic mass is 79.9. The van der Waals surface area contributed by atoms with Gasteiger partial charge >= 0.3 is 0 Å². The largest absolute Gasteiger partial charge is 0.348 e. The van der Waals surface area contributed by atoms with Gasteiger partial charge in [-0.25, -0.2) is 13.4 Å². The maximum absolute atomic E-state index is 13.0. The Morgan fingerprint density at radius 3 is 2.60 bits per heavy atom. The van der Waals surface area contributed by atoms with Crippen molar-refractivity contribution in [2.75, 3.05) is 18.0 Å². The number of sulfone groups is 1. The van der Waals surface area contributed by atoms with Gasteiger partial charge in [-0.1, -0.05) is 51.3 Å². The van der Waals surface area contributed by atoms with Crippen LogP contribution in [-0.4, -0.2) is 31.7 Å². The Morgan fingerprint density at radius 1 is 1.13 bits per heavy atom. The Hall–Kier alpha value is -1.12. The molecule has 3 aromatic rings. The van der Waals surface area contributed by atoms with Crippen LogP contribution in [0.15, 0.2) is 57.2 Å². The molecule has 2 heterocycles. The number of rotatable bonds is 5. The minimum absolute atomic E-state index is 0.365. The second-order valence-electron chi connectivity index (χ2n) is 7.22. The maximum atomic E-state index is 13.0. The summed E-state index contributed by atoms with van der Waals surface area (Å²) in [7, 11) is -3.33. The van der Waals surface area contributed by atoms with E-state index in [4.69, 9.17) is 28.2 Å². The fourth-order valence-corrected chi connectivity index (χ4v) is 7.26. The lowest BCUT2D eigenvalue weighted by molar-refractivity contribution is 0.529. The lowest BCUT2D eigenvalue weighted by Crippen LogP contribution is -2.39. The highest BCUT2D eigenvalue weighted by Crippen LogP contribution is 2.31. The molecule has 4 nitrogen and oxygen atoms in total. The minimum Gasteiger partial charge on any atom is -0.348 e. The van der Waals surface area contributed by atoms with Crippen LogP contribution in [0.5, 0.6) is 0 Å². The second kappa shape index (κ2) is 9.17. The fraction of sp³-hybridized carbons (Fsp3) is 0.286. The lowest BCUT2D eigenvalue weighted by Gasteiger charge is -2.31. The number of thiazole rings is 1. The van der Waals surface area contributed by atoms with Crippen LogP contribution in [0.2, 0.25) is 10.0 Å². The summed E-state index contributed by atoms with van der Waals surface area (Å²) >= 11 is 17.2. The maximum Gasteiger partial charge on any atom is 0.185 e. The summed E-state index contributed by atoms with van der Waals surface area (Å²) in [6.07, 6.45) is 1.82. The van der Waals surface area contributed by atoms with E-state index in [9.17, 15) is 8.42 Å². The fourth-order valence-electron chi connectivity index (χ4n) is 3.58. The summed E-state index contributed by atoms with van der Waals surface area (Å²) in [6.45, 7) is 1.35. The predicted molar refractivity (Wildman–Crippen MR) is 128 cm³/mol. The molecule has 0 atom stereocenters. The first-order valence-corrected chi connectivity index (χ1v) is 13.4. The molecule has 4 rings (SSSR count). The third-order valence-corrected chi connectivity index (χ3v) is 9.49. The standard InChI is InChI=1S/C21H19BrCl2N2O2S2/c22-15-2-1-3-19(11-15)30(27,28)18-6-8-26(9-7-18)21-25-17(13-29-21)10-14-4-5-16(23)12-20(14)24/h1-5,11-13,18H,6-10H2. The van der Waals surface area contributed by atoms with Gasteiger partial charge in [0.1, 0.15) is 0 Å². The molecule has 2 aromatic carbocycles. The molecule has 1 fully saturated rings. The van der Waals surface area contributed by atoms with Gasteiger partial charge in [-0.2, -0.15) is 0 Å². The van der Waals surface area contributed by atoms with Gasteiger partial charge in [0, 0.05) is 39.4 Å². The molecule has 9 heteroatoms. The molecule has 1 aliphatic heterocycles. The highest BCUT2D eigenvalue weighted by molar-refractivity contribution is 9.10. The Morgan fingerprint density at radius 2 is 1.90 bits per heavy atom. The van der Waals surface area contributed by atoms with E-state index in [-0.39, 0.29) is 5.25 Å². The van der Waals surface area contributed by atoms with Crippen molar-refractivity contribution in [3.05, 3.63) is 73.6 Å². The number of piperidine rings is 1. The van der Waals surface area contributed by atoms with Crippen molar-refractivity contribution >= 4 is 65.4 Å². The number of benzene rings is 2. The van der Waals surface area contributed by atoms with Gasteiger partial charge in [0.15, 0.2) is 15.0 Å². The topological polar surface area (TPSA) is 50.3 Å². The quantitative estimate of drug-likeness (QED) is 0.380. The first kappa shape index (κ1) is 22.1. The predicted octanol–water partition coefficient (Wildman–Crippen LogP) is 6.25.